The van der Waals surface area contributed by atoms with Crippen molar-refractivity contribution in [2.24, 2.45) is 0 Å². The summed E-state index contributed by atoms with van der Waals surface area (Å²) < 4.78 is 12.5. The summed E-state index contributed by atoms with van der Waals surface area (Å²) in [6.45, 7) is 3.92. The van der Waals surface area contributed by atoms with Gasteiger partial charge in [-0.2, -0.15) is 0 Å². The van der Waals surface area contributed by atoms with Crippen molar-refractivity contribution in [3.63, 3.8) is 0 Å². The second-order valence-electron chi connectivity index (χ2n) is 6.00. The molecule has 0 N–H and O–H groups in total. The maximum atomic E-state index is 6.04. The fraction of sp³-hybridized carbons (Fsp3) is 0.389. The molecule has 1 fully saturated rings. The predicted molar refractivity (Wildman–Crippen MR) is 103 cm³/mol. The lowest BCUT2D eigenvalue weighted by Crippen LogP contribution is -2.25. The summed E-state index contributed by atoms with van der Waals surface area (Å²) in [4.78, 5) is 15.6. The van der Waals surface area contributed by atoms with Crippen LogP contribution in [0.3, 0.4) is 0 Å². The Morgan fingerprint density at radius 2 is 2.04 bits per heavy atom. The minimum absolute atomic E-state index is 0.643. The van der Waals surface area contributed by atoms with E-state index in [4.69, 9.17) is 9.47 Å². The molecule has 2 aromatic heterocycles. The lowest BCUT2D eigenvalue weighted by atomic mass is 10.2. The molecule has 0 amide bonds. The molecule has 0 spiro atoms. The molecule has 0 radical (unpaired) electrons. The van der Waals surface area contributed by atoms with E-state index < -0.39 is 0 Å². The Kier molecular flexibility index (Phi) is 5.52. The molecule has 136 valence electrons. The van der Waals surface area contributed by atoms with Gasteiger partial charge in [-0.3, -0.25) is 4.90 Å². The molecule has 6 nitrogen and oxygen atoms in total. The van der Waals surface area contributed by atoms with Gasteiger partial charge in [0, 0.05) is 29.6 Å². The van der Waals surface area contributed by atoms with Crippen LogP contribution in [0.1, 0.15) is 12.8 Å². The zero-order chi connectivity index (χ0) is 17.8. The van der Waals surface area contributed by atoms with Crippen molar-refractivity contribution >= 4 is 34.0 Å². The number of thiazole rings is 1. The summed E-state index contributed by atoms with van der Waals surface area (Å²) >= 11 is 3.14. The van der Waals surface area contributed by atoms with Gasteiger partial charge >= 0.3 is 0 Å². The first-order valence-corrected chi connectivity index (χ1v) is 10.3. The van der Waals surface area contributed by atoms with Gasteiger partial charge in [-0.25, -0.2) is 15.0 Å². The van der Waals surface area contributed by atoms with E-state index in [1.807, 2.05) is 17.5 Å². The van der Waals surface area contributed by atoms with Crippen molar-refractivity contribution in [2.45, 2.75) is 22.2 Å². The van der Waals surface area contributed by atoms with Crippen molar-refractivity contribution in [1.82, 2.24) is 19.9 Å². The molecular weight excluding hydrogens is 368 g/mol. The first-order chi connectivity index (χ1) is 12.8. The van der Waals surface area contributed by atoms with Gasteiger partial charge < -0.3 is 9.47 Å². The number of fused-ring (bicyclic) bond motifs is 1. The molecule has 0 unspecified atom stereocenters. The topological polar surface area (TPSA) is 60.4 Å². The Morgan fingerprint density at radius 1 is 1.15 bits per heavy atom. The van der Waals surface area contributed by atoms with E-state index in [0.29, 0.717) is 12.4 Å². The maximum Gasteiger partial charge on any atom is 0.162 e. The van der Waals surface area contributed by atoms with Gasteiger partial charge in [-0.15, -0.1) is 11.3 Å². The van der Waals surface area contributed by atoms with E-state index in [2.05, 4.69) is 19.9 Å². The first-order valence-electron chi connectivity index (χ1n) is 8.59. The Hall–Kier alpha value is -1.90. The van der Waals surface area contributed by atoms with Crippen LogP contribution in [-0.4, -0.2) is 53.2 Å². The van der Waals surface area contributed by atoms with Crippen molar-refractivity contribution < 1.29 is 9.47 Å². The van der Waals surface area contributed by atoms with Crippen molar-refractivity contribution in [1.29, 1.82) is 0 Å². The van der Waals surface area contributed by atoms with Gasteiger partial charge in [0.25, 0.3) is 0 Å². The maximum absolute atomic E-state index is 6.04. The number of hydrogen-bond acceptors (Lipinski definition) is 8. The van der Waals surface area contributed by atoms with Crippen molar-refractivity contribution in [3.05, 3.63) is 30.0 Å². The lowest BCUT2D eigenvalue weighted by molar-refractivity contribution is 0.230. The Balaban J connectivity index is 1.58. The minimum atomic E-state index is 0.643. The van der Waals surface area contributed by atoms with Crippen LogP contribution in [0, 0.1) is 0 Å². The average Bonchev–Trinajstić information content (AvgIpc) is 3.35. The van der Waals surface area contributed by atoms with Gasteiger partial charge in [0.15, 0.2) is 15.8 Å². The second-order valence-corrected chi connectivity index (χ2v) is 8.13. The fourth-order valence-electron chi connectivity index (χ4n) is 3.03. The number of aromatic nitrogens is 3. The smallest absolute Gasteiger partial charge is 0.162 e. The summed E-state index contributed by atoms with van der Waals surface area (Å²) in [5.74, 6) is 1.43. The SMILES string of the molecule is COc1cc2ncnc(Sc3nccs3)c2cc1OCCN1CCCC1. The summed E-state index contributed by atoms with van der Waals surface area (Å²) in [6, 6.07) is 3.89. The Morgan fingerprint density at radius 3 is 2.81 bits per heavy atom. The average molecular weight is 389 g/mol. The van der Waals surface area contributed by atoms with Crippen LogP contribution in [0.5, 0.6) is 11.5 Å². The van der Waals surface area contributed by atoms with Crippen LogP contribution in [0.4, 0.5) is 0 Å². The third kappa shape index (κ3) is 3.92. The summed E-state index contributed by atoms with van der Waals surface area (Å²) in [5, 5.41) is 3.78. The zero-order valence-corrected chi connectivity index (χ0v) is 16.2. The molecular formula is C18H20N4O2S2. The summed E-state index contributed by atoms with van der Waals surface area (Å²) in [7, 11) is 1.65. The van der Waals surface area contributed by atoms with Gasteiger partial charge in [0.2, 0.25) is 0 Å². The molecule has 0 saturated carbocycles. The van der Waals surface area contributed by atoms with Crippen molar-refractivity contribution in [2.75, 3.05) is 33.4 Å². The highest BCUT2D eigenvalue weighted by Gasteiger charge is 2.15. The minimum Gasteiger partial charge on any atom is -0.493 e. The Bertz CT molecular complexity index is 867. The molecule has 0 atom stereocenters. The molecule has 3 heterocycles. The molecule has 0 aliphatic carbocycles. The number of nitrogens with zero attached hydrogens (tertiary/aromatic N) is 4. The molecule has 1 aromatic carbocycles. The van der Waals surface area contributed by atoms with Gasteiger partial charge in [0.1, 0.15) is 18.0 Å². The summed E-state index contributed by atoms with van der Waals surface area (Å²) in [6.07, 6.45) is 5.94. The lowest BCUT2D eigenvalue weighted by Gasteiger charge is -2.16. The monoisotopic (exact) mass is 388 g/mol. The van der Waals surface area contributed by atoms with Crippen LogP contribution < -0.4 is 9.47 Å². The van der Waals surface area contributed by atoms with Crippen LogP contribution >= 0.6 is 23.1 Å². The third-order valence-electron chi connectivity index (χ3n) is 4.34. The van der Waals surface area contributed by atoms with E-state index in [-0.39, 0.29) is 0 Å². The number of rotatable bonds is 7. The normalized spacial score (nSPS) is 14.8. The number of methoxy groups -OCH3 is 1. The van der Waals surface area contributed by atoms with E-state index in [0.717, 1.165) is 32.6 Å². The van der Waals surface area contributed by atoms with Crippen LogP contribution in [-0.2, 0) is 0 Å². The predicted octanol–water partition coefficient (Wildman–Crippen LogP) is 3.72. The standard InChI is InChI=1S/C18H20N4O2S2/c1-23-15-11-14-13(10-16(15)24-8-7-22-5-2-3-6-22)17(21-12-20-14)26-18-19-4-9-25-18/h4,9-12H,2-3,5-8H2,1H3. The van der Waals surface area contributed by atoms with E-state index >= 15 is 0 Å². The van der Waals surface area contributed by atoms with E-state index in [1.165, 1.54) is 25.9 Å². The number of likely N-dealkylation sites (tertiary alicyclic amines) is 1. The largest absolute Gasteiger partial charge is 0.493 e. The van der Waals surface area contributed by atoms with Crippen LogP contribution in [0.2, 0.25) is 0 Å². The van der Waals surface area contributed by atoms with Gasteiger partial charge in [0.05, 0.1) is 12.6 Å². The van der Waals surface area contributed by atoms with Crippen LogP contribution in [0.15, 0.2) is 39.4 Å². The van der Waals surface area contributed by atoms with Gasteiger partial charge in [-0.05, 0) is 43.8 Å². The highest BCUT2D eigenvalue weighted by molar-refractivity contribution is 8.01. The molecule has 1 aliphatic rings. The third-order valence-corrected chi connectivity index (χ3v) is 6.24. The molecule has 26 heavy (non-hydrogen) atoms. The highest BCUT2D eigenvalue weighted by atomic mass is 32.2. The molecule has 1 aliphatic heterocycles. The first kappa shape index (κ1) is 17.5. The molecule has 8 heteroatoms. The highest BCUT2D eigenvalue weighted by Crippen LogP contribution is 2.37. The summed E-state index contributed by atoms with van der Waals surface area (Å²) in [5.41, 5.74) is 0.836. The van der Waals surface area contributed by atoms with Crippen molar-refractivity contribution in [3.8, 4) is 11.5 Å². The molecule has 3 aromatic rings. The number of hydrogen-bond donors (Lipinski definition) is 0. The zero-order valence-electron chi connectivity index (χ0n) is 14.6. The van der Waals surface area contributed by atoms with Crippen LogP contribution in [0.25, 0.3) is 10.9 Å². The van der Waals surface area contributed by atoms with Gasteiger partial charge in [-0.1, -0.05) is 0 Å². The molecule has 1 saturated heterocycles. The number of benzene rings is 1. The number of ether oxygens (including phenoxy) is 2. The molecule has 4 rings (SSSR count). The quantitative estimate of drug-likeness (QED) is 0.572. The van der Waals surface area contributed by atoms with E-state index in [1.54, 1.807) is 42.7 Å². The Labute approximate surface area is 160 Å². The second kappa shape index (κ2) is 8.20. The fourth-order valence-corrected chi connectivity index (χ4v) is 4.64. The van der Waals surface area contributed by atoms with E-state index in [9.17, 15) is 0 Å². The molecule has 0 bridgehead atoms.